The maximum Gasteiger partial charge on any atom is 0.0952 e. The van der Waals surface area contributed by atoms with Crippen LogP contribution in [0.3, 0.4) is 0 Å². The first kappa shape index (κ1) is 3.44. The third-order valence-corrected chi connectivity index (χ3v) is 1.30. The van der Waals surface area contributed by atoms with Crippen molar-refractivity contribution in [2.75, 3.05) is 0 Å². The number of fused-ring (bicyclic) bond motifs is 2. The van der Waals surface area contributed by atoms with Crippen molar-refractivity contribution in [3.05, 3.63) is 24.3 Å². The van der Waals surface area contributed by atoms with Crippen molar-refractivity contribution >= 4 is 0 Å². The van der Waals surface area contributed by atoms with Gasteiger partial charge in [0.15, 0.2) is 0 Å². The zero-order valence-corrected chi connectivity index (χ0v) is 3.87. The third kappa shape index (κ3) is 0.356. The first-order valence-corrected chi connectivity index (χ1v) is 2.47. The lowest BCUT2D eigenvalue weighted by Crippen LogP contribution is -1.97. The van der Waals surface area contributed by atoms with E-state index in [0.29, 0.717) is 12.2 Å². The van der Waals surface area contributed by atoms with Gasteiger partial charge in [-0.2, -0.15) is 0 Å². The maximum atomic E-state index is 5.25. The molecular formula is C6H6O. The van der Waals surface area contributed by atoms with E-state index in [1.165, 1.54) is 0 Å². The average molecular weight is 94.1 g/mol. The summed E-state index contributed by atoms with van der Waals surface area (Å²) < 4.78 is 5.25. The molecule has 0 saturated carbocycles. The SMILES string of the molecule is C1=C[C@H]2C=C[C@@H]1O2. The van der Waals surface area contributed by atoms with Gasteiger partial charge >= 0.3 is 0 Å². The topological polar surface area (TPSA) is 9.23 Å². The minimum Gasteiger partial charge on any atom is -0.359 e. The molecule has 0 N–H and O–H groups in total. The van der Waals surface area contributed by atoms with Gasteiger partial charge in [0.05, 0.1) is 12.2 Å². The summed E-state index contributed by atoms with van der Waals surface area (Å²) in [7, 11) is 0. The van der Waals surface area contributed by atoms with Crippen molar-refractivity contribution in [3.63, 3.8) is 0 Å². The summed E-state index contributed by atoms with van der Waals surface area (Å²) in [5.41, 5.74) is 0. The minimum atomic E-state index is 0.310. The highest BCUT2D eigenvalue weighted by Gasteiger charge is 2.19. The smallest absolute Gasteiger partial charge is 0.0952 e. The van der Waals surface area contributed by atoms with Crippen LogP contribution in [0, 0.1) is 0 Å². The lowest BCUT2D eigenvalue weighted by molar-refractivity contribution is 0.136. The molecule has 0 spiro atoms. The first-order chi connectivity index (χ1) is 3.45. The molecule has 1 heteroatoms. The second-order valence-corrected chi connectivity index (χ2v) is 1.84. The molecule has 1 nitrogen and oxygen atoms in total. The molecule has 2 heterocycles. The Morgan fingerprint density at radius 1 is 0.857 bits per heavy atom. The number of ether oxygens (including phenoxy) is 1. The standard InChI is InChI=1S/C6H6O/c1-2-6-4-3-5(1)7-6/h1-6H/t5-,6+. The summed E-state index contributed by atoms with van der Waals surface area (Å²) in [6, 6.07) is 0. The molecule has 2 aliphatic heterocycles. The van der Waals surface area contributed by atoms with E-state index in [2.05, 4.69) is 24.3 Å². The molecule has 0 amide bonds. The lowest BCUT2D eigenvalue weighted by atomic mass is 10.2. The number of hydrogen-bond acceptors (Lipinski definition) is 1. The van der Waals surface area contributed by atoms with Crippen LogP contribution >= 0.6 is 0 Å². The molecule has 2 bridgehead atoms. The zero-order chi connectivity index (χ0) is 4.69. The molecular weight excluding hydrogens is 88.1 g/mol. The van der Waals surface area contributed by atoms with E-state index < -0.39 is 0 Å². The first-order valence-electron chi connectivity index (χ1n) is 2.47. The van der Waals surface area contributed by atoms with Crippen molar-refractivity contribution in [2.45, 2.75) is 12.2 Å². The van der Waals surface area contributed by atoms with Crippen LogP contribution in [-0.4, -0.2) is 12.2 Å². The maximum absolute atomic E-state index is 5.25. The Morgan fingerprint density at radius 2 is 1.29 bits per heavy atom. The molecule has 0 radical (unpaired) electrons. The minimum absolute atomic E-state index is 0.310. The van der Waals surface area contributed by atoms with E-state index in [0.717, 1.165) is 0 Å². The second-order valence-electron chi connectivity index (χ2n) is 1.84. The van der Waals surface area contributed by atoms with E-state index in [1.807, 2.05) is 0 Å². The molecule has 0 aromatic rings. The van der Waals surface area contributed by atoms with Crippen LogP contribution in [0.25, 0.3) is 0 Å². The van der Waals surface area contributed by atoms with E-state index in [9.17, 15) is 0 Å². The quantitative estimate of drug-likeness (QED) is 0.405. The van der Waals surface area contributed by atoms with Crippen LogP contribution < -0.4 is 0 Å². The third-order valence-electron chi connectivity index (χ3n) is 1.30. The fourth-order valence-corrected chi connectivity index (χ4v) is 0.929. The van der Waals surface area contributed by atoms with Gasteiger partial charge in [0, 0.05) is 0 Å². The van der Waals surface area contributed by atoms with Gasteiger partial charge in [-0.05, 0) is 0 Å². The van der Waals surface area contributed by atoms with E-state index in [4.69, 9.17) is 4.74 Å². The van der Waals surface area contributed by atoms with Crippen molar-refractivity contribution < 1.29 is 4.74 Å². The molecule has 0 atom stereocenters. The molecule has 0 aliphatic carbocycles. The molecule has 0 aromatic carbocycles. The summed E-state index contributed by atoms with van der Waals surface area (Å²) in [6.45, 7) is 0. The van der Waals surface area contributed by atoms with Crippen molar-refractivity contribution in [1.29, 1.82) is 0 Å². The fourth-order valence-electron chi connectivity index (χ4n) is 0.929. The van der Waals surface area contributed by atoms with Gasteiger partial charge in [-0.15, -0.1) is 0 Å². The van der Waals surface area contributed by atoms with Gasteiger partial charge in [0.2, 0.25) is 0 Å². The highest BCUT2D eigenvalue weighted by atomic mass is 16.5. The monoisotopic (exact) mass is 94.0 g/mol. The van der Waals surface area contributed by atoms with Crippen molar-refractivity contribution in [1.82, 2.24) is 0 Å². The molecule has 2 rings (SSSR count). The summed E-state index contributed by atoms with van der Waals surface area (Å²) in [5.74, 6) is 0. The summed E-state index contributed by atoms with van der Waals surface area (Å²) >= 11 is 0. The van der Waals surface area contributed by atoms with E-state index in [1.54, 1.807) is 0 Å². The molecule has 2 aliphatic rings. The van der Waals surface area contributed by atoms with Gasteiger partial charge in [0.1, 0.15) is 0 Å². The van der Waals surface area contributed by atoms with Crippen LogP contribution in [0.5, 0.6) is 0 Å². The predicted molar refractivity (Wildman–Crippen MR) is 26.9 cm³/mol. The Kier molecular flexibility index (Phi) is 0.484. The molecule has 0 saturated heterocycles. The Hall–Kier alpha value is -0.560. The van der Waals surface area contributed by atoms with Crippen molar-refractivity contribution in [3.8, 4) is 0 Å². The predicted octanol–water partition coefficient (Wildman–Crippen LogP) is 0.880. The van der Waals surface area contributed by atoms with Gasteiger partial charge in [0.25, 0.3) is 0 Å². The molecule has 7 heavy (non-hydrogen) atoms. The zero-order valence-electron chi connectivity index (χ0n) is 3.87. The average Bonchev–Trinajstić information content (AvgIpc) is 2.22. The fraction of sp³-hybridized carbons (Fsp3) is 0.333. The molecule has 0 unspecified atom stereocenters. The second kappa shape index (κ2) is 0.984. The van der Waals surface area contributed by atoms with Crippen molar-refractivity contribution in [2.24, 2.45) is 0 Å². The Bertz CT molecular complexity index is 107. The number of rotatable bonds is 0. The lowest BCUT2D eigenvalue weighted by Gasteiger charge is -1.94. The summed E-state index contributed by atoms with van der Waals surface area (Å²) in [5, 5.41) is 0. The molecule has 36 valence electrons. The highest BCUT2D eigenvalue weighted by molar-refractivity contribution is 5.22. The largest absolute Gasteiger partial charge is 0.359 e. The van der Waals surface area contributed by atoms with Crippen LogP contribution in [0.1, 0.15) is 0 Å². The molecule has 0 fully saturated rings. The van der Waals surface area contributed by atoms with Gasteiger partial charge in [-0.25, -0.2) is 0 Å². The summed E-state index contributed by atoms with van der Waals surface area (Å²) in [6.07, 6.45) is 8.92. The van der Waals surface area contributed by atoms with Crippen LogP contribution in [-0.2, 0) is 4.74 Å². The van der Waals surface area contributed by atoms with Gasteiger partial charge < -0.3 is 4.74 Å². The Labute approximate surface area is 42.3 Å². The molecule has 0 aromatic heterocycles. The van der Waals surface area contributed by atoms with E-state index in [-0.39, 0.29) is 0 Å². The van der Waals surface area contributed by atoms with Crippen LogP contribution in [0.4, 0.5) is 0 Å². The summed E-state index contributed by atoms with van der Waals surface area (Å²) in [4.78, 5) is 0. The highest BCUT2D eigenvalue weighted by Crippen LogP contribution is 2.19. The van der Waals surface area contributed by atoms with E-state index >= 15 is 0 Å². The van der Waals surface area contributed by atoms with Gasteiger partial charge in [-0.1, -0.05) is 24.3 Å². The van der Waals surface area contributed by atoms with Gasteiger partial charge in [-0.3, -0.25) is 0 Å². The number of hydrogen-bond donors (Lipinski definition) is 0. The Morgan fingerprint density at radius 3 is 1.43 bits per heavy atom. The van der Waals surface area contributed by atoms with Crippen LogP contribution in [0.15, 0.2) is 24.3 Å². The Balaban J connectivity index is 2.38. The normalized spacial score (nSPS) is 43.4. The van der Waals surface area contributed by atoms with Crippen LogP contribution in [0.2, 0.25) is 0 Å².